The first-order valence-corrected chi connectivity index (χ1v) is 16.2. The fraction of sp³-hybridized carbons (Fsp3) is 0.909. The Hall–Kier alpha value is -1.39. The summed E-state index contributed by atoms with van der Waals surface area (Å²) in [5.41, 5.74) is -0.0635. The summed E-state index contributed by atoms with van der Waals surface area (Å²) < 4.78 is 0. The summed E-state index contributed by atoms with van der Waals surface area (Å²) >= 11 is 0. The highest BCUT2D eigenvalue weighted by atomic mass is 16.2. The fourth-order valence-corrected chi connectivity index (χ4v) is 3.66. The van der Waals surface area contributed by atoms with Crippen molar-refractivity contribution in [1.82, 2.24) is 10.6 Å². The molecule has 0 aromatic rings. The van der Waals surface area contributed by atoms with Crippen LogP contribution in [0.15, 0.2) is 0 Å². The summed E-state index contributed by atoms with van der Waals surface area (Å²) in [6, 6.07) is 0. The summed E-state index contributed by atoms with van der Waals surface area (Å²) in [7, 11) is 0. The lowest BCUT2D eigenvalue weighted by Gasteiger charge is -2.32. The lowest BCUT2D eigenvalue weighted by molar-refractivity contribution is -0.131. The van der Waals surface area contributed by atoms with Gasteiger partial charge in [0.15, 0.2) is 0 Å². The minimum atomic E-state index is -0.0635. The van der Waals surface area contributed by atoms with Crippen LogP contribution in [-0.4, -0.2) is 30.7 Å². The molecule has 1 fully saturated rings. The highest BCUT2D eigenvalue weighted by Gasteiger charge is 2.33. The summed E-state index contributed by atoms with van der Waals surface area (Å²) in [6.07, 6.45) is 14.7. The molecule has 0 aromatic heterocycles. The van der Waals surface area contributed by atoms with Crippen LogP contribution >= 0.6 is 0 Å². The van der Waals surface area contributed by atoms with E-state index in [1.54, 1.807) is 0 Å². The van der Waals surface area contributed by atoms with Crippen LogP contribution in [0.25, 0.3) is 0 Å². The third kappa shape index (κ3) is 32.6. The standard InChI is InChI=1S/C12H23NO.C12H25NO.C3H6O.3C2H6/c1-3-4-10-13-11(14)12(2)8-6-5-7-9-12;1-4-7-9-11(6-3)12(14)13-10-8-5-2;1-3(2)4;3*1-2/h3-10H2,1-2H3,(H,13,14);11H,4-10H2,1-3H3,(H,13,14);1-2H3;3*1-2H3. The van der Waals surface area contributed by atoms with Gasteiger partial charge in [-0.3, -0.25) is 9.59 Å². The highest BCUT2D eigenvalue weighted by molar-refractivity contribution is 5.82. The molecule has 1 aliphatic rings. The zero-order valence-corrected chi connectivity index (χ0v) is 28.4. The average molecular weight is 545 g/mol. The lowest BCUT2D eigenvalue weighted by Crippen LogP contribution is -2.40. The van der Waals surface area contributed by atoms with Gasteiger partial charge in [-0.2, -0.15) is 0 Å². The van der Waals surface area contributed by atoms with Gasteiger partial charge in [0.25, 0.3) is 0 Å². The van der Waals surface area contributed by atoms with Crippen molar-refractivity contribution in [2.45, 2.75) is 173 Å². The molecule has 1 aliphatic carbocycles. The molecule has 0 radical (unpaired) electrons. The zero-order valence-electron chi connectivity index (χ0n) is 28.4. The molecule has 1 atom stereocenters. The molecule has 5 heteroatoms. The van der Waals surface area contributed by atoms with Crippen LogP contribution in [0.5, 0.6) is 0 Å². The van der Waals surface area contributed by atoms with Crippen LogP contribution in [0.1, 0.15) is 173 Å². The minimum absolute atomic E-state index is 0.0635. The van der Waals surface area contributed by atoms with Crippen molar-refractivity contribution in [3.05, 3.63) is 0 Å². The molecular formula is C33H72N2O3. The normalized spacial score (nSPS) is 13.3. The second-order valence-electron chi connectivity index (χ2n) is 9.53. The molecule has 0 aliphatic heterocycles. The van der Waals surface area contributed by atoms with Crippen molar-refractivity contribution < 1.29 is 14.4 Å². The Morgan fingerprint density at radius 2 is 1.08 bits per heavy atom. The van der Waals surface area contributed by atoms with E-state index >= 15 is 0 Å². The van der Waals surface area contributed by atoms with Gasteiger partial charge in [0.1, 0.15) is 5.78 Å². The van der Waals surface area contributed by atoms with Crippen LogP contribution in [0.4, 0.5) is 0 Å². The topological polar surface area (TPSA) is 75.3 Å². The number of nitrogens with one attached hydrogen (secondary N) is 2. The number of unbranched alkanes of at least 4 members (excludes halogenated alkanes) is 3. The number of hydrogen-bond donors (Lipinski definition) is 2. The summed E-state index contributed by atoms with van der Waals surface area (Å²) in [6.45, 7) is 27.4. The van der Waals surface area contributed by atoms with E-state index in [0.29, 0.717) is 0 Å². The number of rotatable bonds is 12. The van der Waals surface area contributed by atoms with E-state index < -0.39 is 0 Å². The van der Waals surface area contributed by atoms with E-state index in [1.165, 1.54) is 46.0 Å². The molecule has 1 saturated carbocycles. The molecule has 0 saturated heterocycles. The van der Waals surface area contributed by atoms with E-state index in [9.17, 15) is 14.4 Å². The molecule has 2 N–H and O–H groups in total. The molecule has 5 nitrogen and oxygen atoms in total. The number of carbonyl (C=O) groups is 3. The molecule has 1 rings (SSSR count). The maximum absolute atomic E-state index is 11.9. The van der Waals surface area contributed by atoms with Crippen molar-refractivity contribution in [2.24, 2.45) is 11.3 Å². The van der Waals surface area contributed by atoms with Crippen LogP contribution in [0, 0.1) is 11.3 Å². The Kier molecular flexibility index (Phi) is 46.2. The predicted molar refractivity (Wildman–Crippen MR) is 171 cm³/mol. The first kappa shape index (κ1) is 46.5. The fourth-order valence-electron chi connectivity index (χ4n) is 3.66. The molecule has 0 heterocycles. The van der Waals surface area contributed by atoms with E-state index in [4.69, 9.17) is 0 Å². The second-order valence-corrected chi connectivity index (χ2v) is 9.53. The first-order valence-electron chi connectivity index (χ1n) is 16.2. The Morgan fingerprint density at radius 3 is 1.45 bits per heavy atom. The van der Waals surface area contributed by atoms with Gasteiger partial charge >= 0.3 is 0 Å². The van der Waals surface area contributed by atoms with Crippen molar-refractivity contribution in [3.63, 3.8) is 0 Å². The SMILES string of the molecule is CC.CC.CC.CC(C)=O.CCCCNC(=O)C(CC)CCCC.CCCCNC(=O)C1(C)CCCCC1. The average Bonchev–Trinajstić information content (AvgIpc) is 2.93. The maximum Gasteiger partial charge on any atom is 0.225 e. The number of amides is 2. The molecule has 1 unspecified atom stereocenters. The molecule has 0 aromatic carbocycles. The van der Waals surface area contributed by atoms with Gasteiger partial charge < -0.3 is 15.4 Å². The van der Waals surface area contributed by atoms with Gasteiger partial charge in [0.05, 0.1) is 0 Å². The second kappa shape index (κ2) is 37.8. The van der Waals surface area contributed by atoms with E-state index in [1.807, 2.05) is 41.5 Å². The first-order chi connectivity index (χ1) is 18.2. The van der Waals surface area contributed by atoms with Crippen molar-refractivity contribution in [2.75, 3.05) is 13.1 Å². The quantitative estimate of drug-likeness (QED) is 0.240. The maximum atomic E-state index is 11.9. The number of ketones is 1. The smallest absolute Gasteiger partial charge is 0.225 e. The molecule has 0 spiro atoms. The monoisotopic (exact) mass is 545 g/mol. The summed E-state index contributed by atoms with van der Waals surface area (Å²) in [5.74, 6) is 0.951. The van der Waals surface area contributed by atoms with Gasteiger partial charge in [-0.25, -0.2) is 0 Å². The van der Waals surface area contributed by atoms with E-state index in [0.717, 1.165) is 64.5 Å². The van der Waals surface area contributed by atoms with Gasteiger partial charge in [-0.05, 0) is 52.4 Å². The molecular weight excluding hydrogens is 472 g/mol. The van der Waals surface area contributed by atoms with Gasteiger partial charge in [0.2, 0.25) is 11.8 Å². The van der Waals surface area contributed by atoms with Crippen LogP contribution in [-0.2, 0) is 14.4 Å². The van der Waals surface area contributed by atoms with E-state index in [2.05, 4.69) is 45.3 Å². The Labute approximate surface area is 240 Å². The van der Waals surface area contributed by atoms with Gasteiger partial charge in [0, 0.05) is 24.4 Å². The highest BCUT2D eigenvalue weighted by Crippen LogP contribution is 2.35. The summed E-state index contributed by atoms with van der Waals surface area (Å²) in [5, 5.41) is 6.06. The third-order valence-corrected chi connectivity index (χ3v) is 5.92. The Balaban J connectivity index is -0.000000143. The Morgan fingerprint density at radius 1 is 0.684 bits per heavy atom. The van der Waals surface area contributed by atoms with E-state index in [-0.39, 0.29) is 28.9 Å². The van der Waals surface area contributed by atoms with Crippen LogP contribution in [0.2, 0.25) is 0 Å². The van der Waals surface area contributed by atoms with Gasteiger partial charge in [-0.15, -0.1) is 0 Å². The number of carbonyl (C=O) groups excluding carboxylic acids is 3. The molecule has 38 heavy (non-hydrogen) atoms. The lowest BCUT2D eigenvalue weighted by atomic mass is 9.75. The van der Waals surface area contributed by atoms with Crippen molar-refractivity contribution >= 4 is 17.6 Å². The number of Topliss-reactive ketones (excluding diaryl/α,β-unsaturated/α-hetero) is 1. The Bertz CT molecular complexity index is 483. The van der Waals surface area contributed by atoms with Crippen molar-refractivity contribution in [1.29, 1.82) is 0 Å². The van der Waals surface area contributed by atoms with Gasteiger partial charge in [-0.1, -0.05) is 121 Å². The van der Waals surface area contributed by atoms with Crippen molar-refractivity contribution in [3.8, 4) is 0 Å². The minimum Gasteiger partial charge on any atom is -0.356 e. The summed E-state index contributed by atoms with van der Waals surface area (Å²) in [4.78, 5) is 33.0. The number of hydrogen-bond acceptors (Lipinski definition) is 3. The third-order valence-electron chi connectivity index (χ3n) is 5.92. The molecule has 232 valence electrons. The zero-order chi connectivity index (χ0) is 30.8. The van der Waals surface area contributed by atoms with Crippen LogP contribution in [0.3, 0.4) is 0 Å². The predicted octanol–water partition coefficient (Wildman–Crippen LogP) is 9.67. The molecule has 0 bridgehead atoms. The molecule has 2 amide bonds. The largest absolute Gasteiger partial charge is 0.356 e. The van der Waals surface area contributed by atoms with Crippen LogP contribution < -0.4 is 10.6 Å².